The summed E-state index contributed by atoms with van der Waals surface area (Å²) in [5.41, 5.74) is 5.12. The fourth-order valence-corrected chi connectivity index (χ4v) is 3.07. The van der Waals surface area contributed by atoms with E-state index in [1.807, 2.05) is 54.6 Å². The Morgan fingerprint density at radius 2 is 1.27 bits per heavy atom. The molecule has 0 unspecified atom stereocenters. The van der Waals surface area contributed by atoms with Gasteiger partial charge in [0.05, 0.1) is 0 Å². The molecule has 2 aromatic heterocycles. The number of nitrogens with zero attached hydrogens (tertiary/aromatic N) is 2. The standard InChI is InChI=1S/C22H15N3O/c1-2-6-15(7-3-1)16-10-12-17(13-11-16)21-24-25-22(26-21)20-14-18-8-4-5-9-19(18)23-20/h1-14,23H. The molecule has 0 radical (unpaired) electrons. The van der Waals surface area contributed by atoms with E-state index in [0.717, 1.165) is 27.7 Å². The highest BCUT2D eigenvalue weighted by Crippen LogP contribution is 2.28. The van der Waals surface area contributed by atoms with Gasteiger partial charge in [-0.15, -0.1) is 10.2 Å². The minimum Gasteiger partial charge on any atom is -0.415 e. The van der Waals surface area contributed by atoms with Crippen LogP contribution in [-0.4, -0.2) is 15.2 Å². The van der Waals surface area contributed by atoms with Gasteiger partial charge in [-0.2, -0.15) is 0 Å². The summed E-state index contributed by atoms with van der Waals surface area (Å²) in [5, 5.41) is 9.51. The SMILES string of the molecule is c1ccc(-c2ccc(-c3nnc(-c4cc5ccccc5[nH]4)o3)cc2)cc1. The van der Waals surface area contributed by atoms with Crippen molar-refractivity contribution in [1.29, 1.82) is 0 Å². The Labute approximate surface area is 150 Å². The second-order valence-electron chi connectivity index (χ2n) is 6.13. The Kier molecular flexibility index (Phi) is 3.39. The lowest BCUT2D eigenvalue weighted by Crippen LogP contribution is -1.80. The van der Waals surface area contributed by atoms with Gasteiger partial charge in [-0.1, -0.05) is 60.7 Å². The maximum atomic E-state index is 5.88. The first-order chi connectivity index (χ1) is 12.9. The molecule has 1 N–H and O–H groups in total. The number of aromatic nitrogens is 3. The molecule has 4 heteroatoms. The monoisotopic (exact) mass is 337 g/mol. The van der Waals surface area contributed by atoms with Crippen LogP contribution in [0.2, 0.25) is 0 Å². The average molecular weight is 337 g/mol. The molecule has 0 aliphatic rings. The van der Waals surface area contributed by atoms with E-state index < -0.39 is 0 Å². The lowest BCUT2D eigenvalue weighted by molar-refractivity contribution is 0.583. The third-order valence-electron chi connectivity index (χ3n) is 4.42. The zero-order valence-corrected chi connectivity index (χ0v) is 13.9. The summed E-state index contributed by atoms with van der Waals surface area (Å²) in [6.45, 7) is 0. The molecule has 0 atom stereocenters. The fraction of sp³-hybridized carbons (Fsp3) is 0. The second kappa shape index (κ2) is 6.01. The highest BCUT2D eigenvalue weighted by Gasteiger charge is 2.12. The Morgan fingerprint density at radius 3 is 2.08 bits per heavy atom. The van der Waals surface area contributed by atoms with E-state index in [0.29, 0.717) is 11.8 Å². The van der Waals surface area contributed by atoms with Gasteiger partial charge in [0, 0.05) is 16.5 Å². The smallest absolute Gasteiger partial charge is 0.264 e. The van der Waals surface area contributed by atoms with Crippen LogP contribution < -0.4 is 0 Å². The van der Waals surface area contributed by atoms with E-state index in [1.165, 1.54) is 5.56 Å². The van der Waals surface area contributed by atoms with Crippen molar-refractivity contribution in [3.05, 3.63) is 84.9 Å². The van der Waals surface area contributed by atoms with Crippen molar-refractivity contribution in [1.82, 2.24) is 15.2 Å². The Balaban J connectivity index is 1.46. The van der Waals surface area contributed by atoms with Crippen molar-refractivity contribution < 1.29 is 4.42 Å². The molecular weight excluding hydrogens is 322 g/mol. The van der Waals surface area contributed by atoms with Crippen LogP contribution in [0.5, 0.6) is 0 Å². The quantitative estimate of drug-likeness (QED) is 0.469. The van der Waals surface area contributed by atoms with Crippen LogP contribution in [-0.2, 0) is 0 Å². The molecule has 5 rings (SSSR count). The number of H-pyrrole nitrogens is 1. The molecule has 0 amide bonds. The van der Waals surface area contributed by atoms with Gasteiger partial charge in [-0.25, -0.2) is 0 Å². The van der Waals surface area contributed by atoms with Gasteiger partial charge in [0.25, 0.3) is 5.89 Å². The van der Waals surface area contributed by atoms with Crippen molar-refractivity contribution in [3.8, 4) is 34.2 Å². The predicted octanol–water partition coefficient (Wildman–Crippen LogP) is 5.55. The van der Waals surface area contributed by atoms with E-state index in [9.17, 15) is 0 Å². The van der Waals surface area contributed by atoms with Gasteiger partial charge in [0.15, 0.2) is 0 Å². The van der Waals surface area contributed by atoms with Crippen LogP contribution in [0, 0.1) is 0 Å². The summed E-state index contributed by atoms with van der Waals surface area (Å²) in [5.74, 6) is 1.00. The summed E-state index contributed by atoms with van der Waals surface area (Å²) in [6.07, 6.45) is 0. The number of benzene rings is 3. The van der Waals surface area contributed by atoms with Gasteiger partial charge in [-0.05, 0) is 35.4 Å². The lowest BCUT2D eigenvalue weighted by atomic mass is 10.0. The molecule has 0 spiro atoms. The summed E-state index contributed by atoms with van der Waals surface area (Å²) < 4.78 is 5.88. The largest absolute Gasteiger partial charge is 0.415 e. The molecule has 3 aromatic carbocycles. The zero-order chi connectivity index (χ0) is 17.3. The van der Waals surface area contributed by atoms with E-state index >= 15 is 0 Å². The maximum Gasteiger partial charge on any atom is 0.264 e. The molecule has 0 saturated carbocycles. The van der Waals surface area contributed by atoms with E-state index in [2.05, 4.69) is 45.5 Å². The molecular formula is C22H15N3O. The Morgan fingerprint density at radius 1 is 0.615 bits per heavy atom. The molecule has 2 heterocycles. The number of hydrogen-bond donors (Lipinski definition) is 1. The van der Waals surface area contributed by atoms with Gasteiger partial charge >= 0.3 is 0 Å². The van der Waals surface area contributed by atoms with Crippen molar-refractivity contribution in [2.45, 2.75) is 0 Å². The third-order valence-corrected chi connectivity index (χ3v) is 4.42. The Bertz CT molecular complexity index is 1140. The van der Waals surface area contributed by atoms with Crippen molar-refractivity contribution in [3.63, 3.8) is 0 Å². The van der Waals surface area contributed by atoms with E-state index in [-0.39, 0.29) is 0 Å². The van der Waals surface area contributed by atoms with Crippen molar-refractivity contribution in [2.75, 3.05) is 0 Å². The van der Waals surface area contributed by atoms with Crippen LogP contribution in [0.4, 0.5) is 0 Å². The van der Waals surface area contributed by atoms with Crippen LogP contribution in [0.3, 0.4) is 0 Å². The van der Waals surface area contributed by atoms with Crippen LogP contribution in [0.15, 0.2) is 89.3 Å². The minimum atomic E-state index is 0.489. The number of nitrogens with one attached hydrogen (secondary N) is 1. The summed E-state index contributed by atoms with van der Waals surface area (Å²) in [6, 6.07) is 28.5. The Hall–Kier alpha value is -3.66. The van der Waals surface area contributed by atoms with Gasteiger partial charge in [0.1, 0.15) is 5.69 Å². The molecule has 0 fully saturated rings. The number of rotatable bonds is 3. The van der Waals surface area contributed by atoms with E-state index in [1.54, 1.807) is 0 Å². The van der Waals surface area contributed by atoms with Crippen LogP contribution >= 0.6 is 0 Å². The second-order valence-corrected chi connectivity index (χ2v) is 6.13. The first-order valence-electron chi connectivity index (χ1n) is 8.44. The molecule has 4 nitrogen and oxygen atoms in total. The third kappa shape index (κ3) is 2.58. The molecule has 5 aromatic rings. The molecule has 0 aliphatic carbocycles. The predicted molar refractivity (Wildman–Crippen MR) is 102 cm³/mol. The van der Waals surface area contributed by atoms with Crippen LogP contribution in [0.25, 0.3) is 45.1 Å². The number of para-hydroxylation sites is 1. The normalized spacial score (nSPS) is 11.1. The van der Waals surface area contributed by atoms with Crippen molar-refractivity contribution >= 4 is 10.9 Å². The summed E-state index contributed by atoms with van der Waals surface area (Å²) in [7, 11) is 0. The molecule has 0 saturated heterocycles. The topological polar surface area (TPSA) is 54.7 Å². The maximum absolute atomic E-state index is 5.88. The van der Waals surface area contributed by atoms with Crippen molar-refractivity contribution in [2.24, 2.45) is 0 Å². The van der Waals surface area contributed by atoms with Gasteiger partial charge in [-0.3, -0.25) is 0 Å². The van der Waals surface area contributed by atoms with E-state index in [4.69, 9.17) is 4.42 Å². The molecule has 0 bridgehead atoms. The average Bonchev–Trinajstić information content (AvgIpc) is 3.36. The molecule has 0 aliphatic heterocycles. The highest BCUT2D eigenvalue weighted by molar-refractivity contribution is 5.84. The molecule has 26 heavy (non-hydrogen) atoms. The first-order valence-corrected chi connectivity index (χ1v) is 8.44. The van der Waals surface area contributed by atoms with Gasteiger partial charge < -0.3 is 9.40 Å². The number of hydrogen-bond acceptors (Lipinski definition) is 3. The number of aromatic amines is 1. The van der Waals surface area contributed by atoms with Gasteiger partial charge in [0.2, 0.25) is 5.89 Å². The highest BCUT2D eigenvalue weighted by atomic mass is 16.4. The lowest BCUT2D eigenvalue weighted by Gasteiger charge is -2.01. The zero-order valence-electron chi connectivity index (χ0n) is 13.9. The first kappa shape index (κ1) is 14.7. The minimum absolute atomic E-state index is 0.489. The van der Waals surface area contributed by atoms with Crippen LogP contribution in [0.1, 0.15) is 0 Å². The summed E-state index contributed by atoms with van der Waals surface area (Å²) >= 11 is 0. The fourth-order valence-electron chi connectivity index (χ4n) is 3.07. The number of fused-ring (bicyclic) bond motifs is 1. The molecule has 124 valence electrons. The summed E-state index contributed by atoms with van der Waals surface area (Å²) in [4.78, 5) is 3.31.